The number of hydrogen-bond donors (Lipinski definition) is 1. The molecule has 0 saturated carbocycles. The van der Waals surface area contributed by atoms with Gasteiger partial charge in [0.25, 0.3) is 0 Å². The maximum absolute atomic E-state index is 11.3. The van der Waals surface area contributed by atoms with Crippen LogP contribution < -0.4 is 4.74 Å². The second-order valence-corrected chi connectivity index (χ2v) is 7.07. The van der Waals surface area contributed by atoms with Gasteiger partial charge in [0.1, 0.15) is 11.5 Å². The van der Waals surface area contributed by atoms with Crippen molar-refractivity contribution in [2.75, 3.05) is 13.2 Å². The van der Waals surface area contributed by atoms with Gasteiger partial charge < -0.3 is 19.0 Å². The van der Waals surface area contributed by atoms with Crippen LogP contribution in [0.2, 0.25) is 0 Å². The predicted molar refractivity (Wildman–Crippen MR) is 114 cm³/mol. The minimum absolute atomic E-state index is 0.324. The number of carboxylic acids is 1. The summed E-state index contributed by atoms with van der Waals surface area (Å²) in [5.74, 6) is 1.23. The predicted octanol–water partition coefficient (Wildman–Crippen LogP) is 4.61. The van der Waals surface area contributed by atoms with E-state index in [9.17, 15) is 9.90 Å². The Balaban J connectivity index is 1.59. The SMILES string of the molecule is CCOC(Cc1ccc(OCCc2nc(-c3ccccc3)oc2C)c(C)c1)C(=O)O. The molecular formula is C24H27NO5. The van der Waals surface area contributed by atoms with Crippen LogP contribution in [0, 0.1) is 13.8 Å². The molecule has 1 heterocycles. The lowest BCUT2D eigenvalue weighted by Gasteiger charge is -2.14. The summed E-state index contributed by atoms with van der Waals surface area (Å²) in [6, 6.07) is 15.5. The first-order chi connectivity index (χ1) is 14.5. The summed E-state index contributed by atoms with van der Waals surface area (Å²) < 4.78 is 17.0. The first-order valence-electron chi connectivity index (χ1n) is 10.1. The Morgan fingerprint density at radius 1 is 1.17 bits per heavy atom. The van der Waals surface area contributed by atoms with E-state index >= 15 is 0 Å². The topological polar surface area (TPSA) is 81.8 Å². The third kappa shape index (κ3) is 5.48. The summed E-state index contributed by atoms with van der Waals surface area (Å²) >= 11 is 0. The highest BCUT2D eigenvalue weighted by Gasteiger charge is 2.18. The molecule has 2 aromatic carbocycles. The van der Waals surface area contributed by atoms with Gasteiger partial charge in [-0.2, -0.15) is 0 Å². The molecule has 1 unspecified atom stereocenters. The molecule has 0 spiro atoms. The molecule has 0 aliphatic rings. The van der Waals surface area contributed by atoms with Gasteiger partial charge in [-0.15, -0.1) is 0 Å². The van der Waals surface area contributed by atoms with Crippen molar-refractivity contribution in [3.05, 3.63) is 71.1 Å². The van der Waals surface area contributed by atoms with E-state index in [2.05, 4.69) is 4.98 Å². The fraction of sp³-hybridized carbons (Fsp3) is 0.333. The Labute approximate surface area is 176 Å². The number of carboxylic acid groups (broad SMARTS) is 1. The van der Waals surface area contributed by atoms with Crippen molar-refractivity contribution in [3.8, 4) is 17.2 Å². The van der Waals surface area contributed by atoms with Crippen LogP contribution in [0.25, 0.3) is 11.5 Å². The molecule has 0 aliphatic heterocycles. The Morgan fingerprint density at radius 2 is 1.93 bits per heavy atom. The van der Waals surface area contributed by atoms with Gasteiger partial charge in [0, 0.05) is 25.0 Å². The van der Waals surface area contributed by atoms with E-state index < -0.39 is 12.1 Å². The van der Waals surface area contributed by atoms with Gasteiger partial charge in [0.15, 0.2) is 6.10 Å². The standard InChI is InChI=1S/C24H27NO5/c1-4-28-22(24(26)27)15-18-10-11-21(16(2)14-18)29-13-12-20-17(3)30-23(25-20)19-8-6-5-7-9-19/h5-11,14,22H,4,12-13,15H2,1-3H3,(H,26,27). The van der Waals surface area contributed by atoms with E-state index in [-0.39, 0.29) is 0 Å². The molecule has 0 bridgehead atoms. The highest BCUT2D eigenvalue weighted by Crippen LogP contribution is 2.23. The second-order valence-electron chi connectivity index (χ2n) is 7.07. The molecule has 1 N–H and O–H groups in total. The molecule has 158 valence electrons. The molecule has 3 rings (SSSR count). The van der Waals surface area contributed by atoms with Gasteiger partial charge in [-0.05, 0) is 50.1 Å². The summed E-state index contributed by atoms with van der Waals surface area (Å²) in [4.78, 5) is 15.9. The lowest BCUT2D eigenvalue weighted by Crippen LogP contribution is -2.26. The molecule has 3 aromatic rings. The van der Waals surface area contributed by atoms with Crippen LogP contribution in [0.1, 0.15) is 29.5 Å². The van der Waals surface area contributed by atoms with Crippen molar-refractivity contribution < 1.29 is 23.8 Å². The average molecular weight is 409 g/mol. The summed E-state index contributed by atoms with van der Waals surface area (Å²) in [5, 5.41) is 9.25. The maximum atomic E-state index is 11.3. The lowest BCUT2D eigenvalue weighted by molar-refractivity contribution is -0.149. The quantitative estimate of drug-likeness (QED) is 0.526. The van der Waals surface area contributed by atoms with Crippen LogP contribution in [0.5, 0.6) is 5.75 Å². The van der Waals surface area contributed by atoms with Crippen LogP contribution in [-0.4, -0.2) is 35.4 Å². The third-order valence-electron chi connectivity index (χ3n) is 4.81. The van der Waals surface area contributed by atoms with Gasteiger partial charge in [-0.1, -0.05) is 30.3 Å². The maximum Gasteiger partial charge on any atom is 0.333 e. The molecule has 0 aliphatic carbocycles. The number of aromatic nitrogens is 1. The Bertz CT molecular complexity index is 981. The van der Waals surface area contributed by atoms with Crippen LogP contribution in [-0.2, 0) is 22.4 Å². The molecule has 1 atom stereocenters. The van der Waals surface area contributed by atoms with E-state index in [1.165, 1.54) is 0 Å². The largest absolute Gasteiger partial charge is 0.493 e. The monoisotopic (exact) mass is 409 g/mol. The number of ether oxygens (including phenoxy) is 2. The zero-order valence-corrected chi connectivity index (χ0v) is 17.6. The first kappa shape index (κ1) is 21.6. The molecule has 6 nitrogen and oxygen atoms in total. The number of rotatable bonds is 10. The van der Waals surface area contributed by atoms with E-state index in [0.29, 0.717) is 31.9 Å². The van der Waals surface area contributed by atoms with E-state index in [0.717, 1.165) is 33.9 Å². The molecular weight excluding hydrogens is 382 g/mol. The van der Waals surface area contributed by atoms with Crippen LogP contribution in [0.15, 0.2) is 52.9 Å². The van der Waals surface area contributed by atoms with E-state index in [4.69, 9.17) is 13.9 Å². The Morgan fingerprint density at radius 3 is 2.60 bits per heavy atom. The Kier molecular flexibility index (Phi) is 7.25. The summed E-state index contributed by atoms with van der Waals surface area (Å²) in [5.41, 5.74) is 3.69. The third-order valence-corrected chi connectivity index (χ3v) is 4.81. The first-order valence-corrected chi connectivity index (χ1v) is 10.1. The summed E-state index contributed by atoms with van der Waals surface area (Å²) in [6.45, 7) is 6.48. The molecule has 6 heteroatoms. The normalized spacial score (nSPS) is 12.0. The summed E-state index contributed by atoms with van der Waals surface area (Å²) in [7, 11) is 0. The van der Waals surface area contributed by atoms with Gasteiger partial charge in [0.2, 0.25) is 5.89 Å². The number of carbonyl (C=O) groups is 1. The second kappa shape index (κ2) is 10.1. The van der Waals surface area contributed by atoms with Crippen molar-refractivity contribution in [3.63, 3.8) is 0 Å². The number of nitrogens with zero attached hydrogens (tertiary/aromatic N) is 1. The van der Waals surface area contributed by atoms with E-state index in [1.807, 2.05) is 62.4 Å². The zero-order chi connectivity index (χ0) is 21.5. The molecule has 30 heavy (non-hydrogen) atoms. The highest BCUT2D eigenvalue weighted by atomic mass is 16.5. The van der Waals surface area contributed by atoms with Crippen LogP contribution >= 0.6 is 0 Å². The van der Waals surface area contributed by atoms with Crippen molar-refractivity contribution in [1.29, 1.82) is 0 Å². The number of aliphatic carboxylic acids is 1. The number of benzene rings is 2. The number of hydrogen-bond acceptors (Lipinski definition) is 5. The van der Waals surface area contributed by atoms with E-state index in [1.54, 1.807) is 6.92 Å². The van der Waals surface area contributed by atoms with Gasteiger partial charge >= 0.3 is 5.97 Å². The smallest absolute Gasteiger partial charge is 0.333 e. The average Bonchev–Trinajstić information content (AvgIpc) is 3.10. The van der Waals surface area contributed by atoms with Crippen molar-refractivity contribution in [2.45, 2.75) is 39.7 Å². The molecule has 0 radical (unpaired) electrons. The number of oxazole rings is 1. The highest BCUT2D eigenvalue weighted by molar-refractivity contribution is 5.72. The molecule has 1 aromatic heterocycles. The minimum atomic E-state index is -0.951. The fourth-order valence-electron chi connectivity index (χ4n) is 3.26. The summed E-state index contributed by atoms with van der Waals surface area (Å²) in [6.07, 6.45) is 0.120. The lowest BCUT2D eigenvalue weighted by atomic mass is 10.0. The Hall–Kier alpha value is -3.12. The minimum Gasteiger partial charge on any atom is -0.493 e. The number of aryl methyl sites for hydroxylation is 2. The van der Waals surface area contributed by atoms with Crippen molar-refractivity contribution in [2.24, 2.45) is 0 Å². The molecule has 0 fully saturated rings. The molecule has 0 amide bonds. The fourth-order valence-corrected chi connectivity index (χ4v) is 3.26. The van der Waals surface area contributed by atoms with Gasteiger partial charge in [-0.25, -0.2) is 9.78 Å². The van der Waals surface area contributed by atoms with Crippen LogP contribution in [0.3, 0.4) is 0 Å². The zero-order valence-electron chi connectivity index (χ0n) is 17.6. The van der Waals surface area contributed by atoms with Crippen molar-refractivity contribution in [1.82, 2.24) is 4.98 Å². The van der Waals surface area contributed by atoms with Gasteiger partial charge in [-0.3, -0.25) is 0 Å². The van der Waals surface area contributed by atoms with Crippen LogP contribution in [0.4, 0.5) is 0 Å². The molecule has 0 saturated heterocycles. The van der Waals surface area contributed by atoms with Gasteiger partial charge in [0.05, 0.1) is 12.3 Å². The van der Waals surface area contributed by atoms with Crippen molar-refractivity contribution >= 4 is 5.97 Å².